The van der Waals surface area contributed by atoms with Crippen molar-refractivity contribution >= 4 is 23.2 Å². The van der Waals surface area contributed by atoms with E-state index in [2.05, 4.69) is 18.3 Å². The van der Waals surface area contributed by atoms with E-state index in [4.69, 9.17) is 23.2 Å². The van der Waals surface area contributed by atoms with E-state index < -0.39 is 0 Å². The molecule has 2 fully saturated rings. The Morgan fingerprint density at radius 1 is 1.25 bits per heavy atom. The van der Waals surface area contributed by atoms with Crippen LogP contribution >= 0.6 is 23.2 Å². The molecule has 20 heavy (non-hydrogen) atoms. The van der Waals surface area contributed by atoms with Crippen LogP contribution < -0.4 is 5.32 Å². The van der Waals surface area contributed by atoms with E-state index in [1.807, 2.05) is 12.1 Å². The van der Waals surface area contributed by atoms with Gasteiger partial charge in [-0.2, -0.15) is 0 Å². The third kappa shape index (κ3) is 2.86. The predicted octanol–water partition coefficient (Wildman–Crippen LogP) is 5.47. The lowest BCUT2D eigenvalue weighted by Crippen LogP contribution is -2.32. The second kappa shape index (κ2) is 6.25. The molecule has 0 radical (unpaired) electrons. The Hall–Kier alpha value is -0.240. The molecule has 110 valence electrons. The standard InChI is InChI=1S/C17H23Cl2N/c1-2-7-20-17(14-6-5-13(18)10-16(14)19)15-9-11-3-4-12(15)8-11/h5-6,10-12,15,17,20H,2-4,7-9H2,1H3. The first-order chi connectivity index (χ1) is 9.69. The maximum absolute atomic E-state index is 6.46. The van der Waals surface area contributed by atoms with Crippen LogP contribution in [0.4, 0.5) is 0 Å². The Kier molecular flexibility index (Phi) is 4.59. The summed E-state index contributed by atoms with van der Waals surface area (Å²) in [5, 5.41) is 5.28. The molecule has 0 aliphatic heterocycles. The van der Waals surface area contributed by atoms with Gasteiger partial charge in [0, 0.05) is 16.1 Å². The molecular formula is C17H23Cl2N. The van der Waals surface area contributed by atoms with Gasteiger partial charge in [-0.3, -0.25) is 0 Å². The molecule has 3 heteroatoms. The van der Waals surface area contributed by atoms with Crippen molar-refractivity contribution in [3.05, 3.63) is 33.8 Å². The van der Waals surface area contributed by atoms with Gasteiger partial charge >= 0.3 is 0 Å². The molecule has 0 spiro atoms. The van der Waals surface area contributed by atoms with E-state index in [1.54, 1.807) is 0 Å². The van der Waals surface area contributed by atoms with Crippen LogP contribution in [0.15, 0.2) is 18.2 Å². The average Bonchev–Trinajstić information content (AvgIpc) is 3.03. The quantitative estimate of drug-likeness (QED) is 0.760. The van der Waals surface area contributed by atoms with E-state index in [0.29, 0.717) is 6.04 Å². The molecule has 2 aliphatic carbocycles. The molecule has 1 aromatic rings. The highest BCUT2D eigenvalue weighted by Gasteiger charge is 2.43. The Morgan fingerprint density at radius 3 is 2.70 bits per heavy atom. The first-order valence-corrected chi connectivity index (χ1v) is 8.63. The first kappa shape index (κ1) is 14.7. The van der Waals surface area contributed by atoms with Crippen LogP contribution in [-0.4, -0.2) is 6.54 Å². The Labute approximate surface area is 132 Å². The van der Waals surface area contributed by atoms with Crippen molar-refractivity contribution in [1.29, 1.82) is 0 Å². The fourth-order valence-electron chi connectivity index (χ4n) is 4.25. The molecule has 1 nitrogen and oxygen atoms in total. The van der Waals surface area contributed by atoms with Gasteiger partial charge in [-0.05, 0) is 67.7 Å². The zero-order valence-electron chi connectivity index (χ0n) is 12.0. The minimum atomic E-state index is 0.398. The number of hydrogen-bond donors (Lipinski definition) is 1. The third-order valence-electron chi connectivity index (χ3n) is 5.13. The maximum Gasteiger partial charge on any atom is 0.0468 e. The number of rotatable bonds is 5. The van der Waals surface area contributed by atoms with Crippen molar-refractivity contribution in [3.63, 3.8) is 0 Å². The van der Waals surface area contributed by atoms with Crippen molar-refractivity contribution in [2.24, 2.45) is 17.8 Å². The summed E-state index contributed by atoms with van der Waals surface area (Å²) < 4.78 is 0. The van der Waals surface area contributed by atoms with Crippen LogP contribution in [0.5, 0.6) is 0 Å². The maximum atomic E-state index is 6.46. The largest absolute Gasteiger partial charge is 0.310 e. The van der Waals surface area contributed by atoms with Crippen molar-refractivity contribution in [3.8, 4) is 0 Å². The van der Waals surface area contributed by atoms with Crippen LogP contribution in [0.1, 0.15) is 50.6 Å². The molecule has 0 aromatic heterocycles. The molecule has 1 N–H and O–H groups in total. The van der Waals surface area contributed by atoms with Crippen LogP contribution in [0.2, 0.25) is 10.0 Å². The molecule has 0 amide bonds. The normalized spacial score (nSPS) is 29.9. The number of fused-ring (bicyclic) bond motifs is 2. The van der Waals surface area contributed by atoms with E-state index in [-0.39, 0.29) is 0 Å². The minimum absolute atomic E-state index is 0.398. The number of nitrogens with one attached hydrogen (secondary N) is 1. The van der Waals surface area contributed by atoms with Crippen molar-refractivity contribution < 1.29 is 0 Å². The summed E-state index contributed by atoms with van der Waals surface area (Å²) in [5.74, 6) is 2.60. The fourth-order valence-corrected chi connectivity index (χ4v) is 4.77. The molecular weight excluding hydrogens is 289 g/mol. The molecule has 3 rings (SSSR count). The summed E-state index contributed by atoms with van der Waals surface area (Å²) in [6.45, 7) is 3.27. The van der Waals surface area contributed by atoms with Gasteiger partial charge in [-0.15, -0.1) is 0 Å². The van der Waals surface area contributed by atoms with Gasteiger partial charge in [0.05, 0.1) is 0 Å². The van der Waals surface area contributed by atoms with Gasteiger partial charge in [-0.25, -0.2) is 0 Å². The molecule has 0 saturated heterocycles. The lowest BCUT2D eigenvalue weighted by molar-refractivity contribution is 0.251. The zero-order valence-corrected chi connectivity index (χ0v) is 13.6. The molecule has 2 bridgehead atoms. The molecule has 2 aliphatic rings. The van der Waals surface area contributed by atoms with E-state index in [9.17, 15) is 0 Å². The third-order valence-corrected chi connectivity index (χ3v) is 5.70. The minimum Gasteiger partial charge on any atom is -0.310 e. The summed E-state index contributed by atoms with van der Waals surface area (Å²) >= 11 is 12.5. The van der Waals surface area contributed by atoms with Crippen LogP contribution in [-0.2, 0) is 0 Å². The van der Waals surface area contributed by atoms with E-state index in [1.165, 1.54) is 31.2 Å². The molecule has 2 saturated carbocycles. The summed E-state index contributed by atoms with van der Waals surface area (Å²) in [7, 11) is 0. The average molecular weight is 312 g/mol. The summed E-state index contributed by atoms with van der Waals surface area (Å²) in [4.78, 5) is 0. The summed E-state index contributed by atoms with van der Waals surface area (Å²) in [6, 6.07) is 6.36. The number of halogens is 2. The van der Waals surface area contributed by atoms with Gasteiger partial charge in [0.1, 0.15) is 0 Å². The smallest absolute Gasteiger partial charge is 0.0468 e. The Morgan fingerprint density at radius 2 is 2.10 bits per heavy atom. The molecule has 4 unspecified atom stereocenters. The van der Waals surface area contributed by atoms with E-state index in [0.717, 1.165) is 40.8 Å². The van der Waals surface area contributed by atoms with Crippen LogP contribution in [0, 0.1) is 17.8 Å². The lowest BCUT2D eigenvalue weighted by atomic mass is 9.80. The van der Waals surface area contributed by atoms with Crippen molar-refractivity contribution in [1.82, 2.24) is 5.32 Å². The van der Waals surface area contributed by atoms with Crippen LogP contribution in [0.25, 0.3) is 0 Å². The fraction of sp³-hybridized carbons (Fsp3) is 0.647. The topological polar surface area (TPSA) is 12.0 Å². The van der Waals surface area contributed by atoms with Gasteiger partial charge in [-0.1, -0.05) is 42.6 Å². The second-order valence-corrected chi connectivity index (χ2v) is 7.28. The van der Waals surface area contributed by atoms with E-state index >= 15 is 0 Å². The summed E-state index contributed by atoms with van der Waals surface area (Å²) in [6.07, 6.45) is 6.80. The highest BCUT2D eigenvalue weighted by molar-refractivity contribution is 6.35. The number of hydrogen-bond acceptors (Lipinski definition) is 1. The monoisotopic (exact) mass is 311 g/mol. The molecule has 1 aromatic carbocycles. The predicted molar refractivity (Wildman–Crippen MR) is 86.4 cm³/mol. The highest BCUT2D eigenvalue weighted by Crippen LogP contribution is 2.53. The SMILES string of the molecule is CCCNC(c1ccc(Cl)cc1Cl)C1CC2CCC1C2. The van der Waals surface area contributed by atoms with Crippen molar-refractivity contribution in [2.75, 3.05) is 6.54 Å². The van der Waals surface area contributed by atoms with Crippen LogP contribution in [0.3, 0.4) is 0 Å². The number of benzene rings is 1. The second-order valence-electron chi connectivity index (χ2n) is 6.44. The summed E-state index contributed by atoms with van der Waals surface area (Å²) in [5.41, 5.74) is 1.24. The lowest BCUT2D eigenvalue weighted by Gasteiger charge is -2.32. The van der Waals surface area contributed by atoms with Crippen molar-refractivity contribution in [2.45, 2.75) is 45.1 Å². The Bertz CT molecular complexity index is 474. The van der Waals surface area contributed by atoms with Gasteiger partial charge in [0.15, 0.2) is 0 Å². The zero-order chi connectivity index (χ0) is 14.1. The highest BCUT2D eigenvalue weighted by atomic mass is 35.5. The van der Waals surface area contributed by atoms with Gasteiger partial charge in [0.2, 0.25) is 0 Å². The van der Waals surface area contributed by atoms with Gasteiger partial charge in [0.25, 0.3) is 0 Å². The van der Waals surface area contributed by atoms with Gasteiger partial charge < -0.3 is 5.32 Å². The first-order valence-electron chi connectivity index (χ1n) is 7.87. The Balaban J connectivity index is 1.85. The molecule has 0 heterocycles. The molecule has 4 atom stereocenters.